The van der Waals surface area contributed by atoms with E-state index < -0.39 is 22.5 Å². The summed E-state index contributed by atoms with van der Waals surface area (Å²) in [5.74, 6) is -0.571. The second-order valence-electron chi connectivity index (χ2n) is 8.91. The maximum Gasteiger partial charge on any atom is 0.263 e. The smallest absolute Gasteiger partial charge is 0.263 e. The van der Waals surface area contributed by atoms with Crippen LogP contribution in [0.5, 0.6) is 5.75 Å². The molecule has 0 spiro atoms. The number of nitrogens with zero attached hydrogens (tertiary/aromatic N) is 2. The third kappa shape index (κ3) is 2.20. The molecule has 2 aromatic rings. The van der Waals surface area contributed by atoms with E-state index in [0.717, 1.165) is 35.3 Å². The number of aliphatic hydroxyl groups is 1. The van der Waals surface area contributed by atoms with E-state index in [1.54, 1.807) is 25.2 Å². The lowest BCUT2D eigenvalue weighted by molar-refractivity contribution is -0.145. The predicted octanol–water partition coefficient (Wildman–Crippen LogP) is 0.218. The third-order valence-corrected chi connectivity index (χ3v) is 7.65. The number of amides is 1. The molecule has 2 heterocycles. The largest absolute Gasteiger partial charge is 0.508 e. The second kappa shape index (κ2) is 5.70. The van der Waals surface area contributed by atoms with Gasteiger partial charge < -0.3 is 25.4 Å². The van der Waals surface area contributed by atoms with Crippen LogP contribution in [0.15, 0.2) is 29.1 Å². The number of carbonyl (C=O) groups excluding carboxylic acids is 1. The molecule has 0 saturated carbocycles. The van der Waals surface area contributed by atoms with Crippen LogP contribution in [-0.4, -0.2) is 50.8 Å². The Morgan fingerprint density at radius 3 is 2.69 bits per heavy atom. The SMILES string of the molecule is CN1CC[C@]23Cc4c(cc(C(N)=O)c(=O)n4C)C[C@@]2(O)[C@H]1Cc1ccc(O)cc13. The van der Waals surface area contributed by atoms with Crippen LogP contribution in [0.4, 0.5) is 0 Å². The van der Waals surface area contributed by atoms with E-state index in [4.69, 9.17) is 5.73 Å². The maximum absolute atomic E-state index is 12.7. The minimum atomic E-state index is -1.07. The molecule has 7 nitrogen and oxygen atoms in total. The number of phenols is 1. The van der Waals surface area contributed by atoms with Gasteiger partial charge in [0, 0.05) is 37.0 Å². The molecule has 1 aromatic carbocycles. The Balaban J connectivity index is 1.80. The predicted molar refractivity (Wildman–Crippen MR) is 107 cm³/mol. The van der Waals surface area contributed by atoms with Crippen LogP contribution in [0, 0.1) is 0 Å². The van der Waals surface area contributed by atoms with Crippen LogP contribution >= 0.6 is 0 Å². The van der Waals surface area contributed by atoms with Crippen molar-refractivity contribution in [1.82, 2.24) is 9.47 Å². The average Bonchev–Trinajstić information content (AvgIpc) is 2.66. The molecule has 152 valence electrons. The Kier molecular flexibility index (Phi) is 3.62. The van der Waals surface area contributed by atoms with Crippen molar-refractivity contribution in [1.29, 1.82) is 0 Å². The van der Waals surface area contributed by atoms with Gasteiger partial charge >= 0.3 is 0 Å². The molecule has 7 heteroatoms. The van der Waals surface area contributed by atoms with E-state index >= 15 is 0 Å². The Labute approximate surface area is 168 Å². The first kappa shape index (κ1) is 18.4. The van der Waals surface area contributed by atoms with Crippen molar-refractivity contribution in [3.8, 4) is 5.75 Å². The number of rotatable bonds is 1. The van der Waals surface area contributed by atoms with Crippen molar-refractivity contribution in [3.63, 3.8) is 0 Å². The zero-order chi connectivity index (χ0) is 20.7. The molecule has 1 fully saturated rings. The second-order valence-corrected chi connectivity index (χ2v) is 8.91. The summed E-state index contributed by atoms with van der Waals surface area (Å²) >= 11 is 0. The summed E-state index contributed by atoms with van der Waals surface area (Å²) in [6.07, 6.45) is 2.22. The molecule has 4 N–H and O–H groups in total. The van der Waals surface area contributed by atoms with Crippen molar-refractivity contribution in [2.24, 2.45) is 12.8 Å². The van der Waals surface area contributed by atoms with Crippen LogP contribution < -0.4 is 11.3 Å². The molecule has 1 aliphatic heterocycles. The number of carbonyl (C=O) groups is 1. The van der Waals surface area contributed by atoms with Crippen molar-refractivity contribution in [2.45, 2.75) is 42.7 Å². The molecule has 29 heavy (non-hydrogen) atoms. The number of benzene rings is 1. The normalized spacial score (nSPS) is 30.2. The summed E-state index contributed by atoms with van der Waals surface area (Å²) < 4.78 is 1.51. The van der Waals surface area contributed by atoms with Gasteiger partial charge in [0.25, 0.3) is 11.5 Å². The van der Waals surface area contributed by atoms with Crippen LogP contribution in [0.2, 0.25) is 0 Å². The Morgan fingerprint density at radius 1 is 1.21 bits per heavy atom. The zero-order valence-corrected chi connectivity index (χ0v) is 16.6. The first-order chi connectivity index (χ1) is 13.7. The number of likely N-dealkylation sites (N-methyl/N-ethyl adjacent to an activating group) is 1. The quantitative estimate of drug-likeness (QED) is 0.640. The van der Waals surface area contributed by atoms with Gasteiger partial charge in [-0.25, -0.2) is 0 Å². The Bertz CT molecular complexity index is 1120. The standard InChI is InChI=1S/C22H25N3O4/c1-24-6-5-21-11-17-13(7-15(19(23)27)20(28)25(17)2)10-22(21,29)18(24)8-12-3-4-14(26)9-16(12)21/h3-4,7,9,18,26,29H,5-6,8,10-11H2,1-2H3,(H2,23,27)/t18-,21-,22-/m1/s1. The summed E-state index contributed by atoms with van der Waals surface area (Å²) in [5.41, 5.74) is 7.03. The van der Waals surface area contributed by atoms with E-state index in [0.29, 0.717) is 19.3 Å². The molecule has 3 atom stereocenters. The number of hydrogen-bond acceptors (Lipinski definition) is 5. The molecule has 1 aromatic heterocycles. The van der Waals surface area contributed by atoms with E-state index in [2.05, 4.69) is 4.90 Å². The molecular weight excluding hydrogens is 370 g/mol. The van der Waals surface area contributed by atoms with Gasteiger partial charge in [0.2, 0.25) is 0 Å². The number of nitrogens with two attached hydrogens (primary N) is 1. The number of aromatic hydroxyl groups is 1. The van der Waals surface area contributed by atoms with Crippen LogP contribution in [0.3, 0.4) is 0 Å². The molecule has 2 aliphatic carbocycles. The van der Waals surface area contributed by atoms with Gasteiger partial charge in [0.1, 0.15) is 11.3 Å². The van der Waals surface area contributed by atoms with Crippen molar-refractivity contribution < 1.29 is 15.0 Å². The highest BCUT2D eigenvalue weighted by molar-refractivity contribution is 5.92. The van der Waals surface area contributed by atoms with Gasteiger partial charge in [-0.1, -0.05) is 6.07 Å². The highest BCUT2D eigenvalue weighted by Crippen LogP contribution is 2.56. The Hall–Kier alpha value is -2.64. The number of phenolic OH excluding ortho intramolecular Hbond substituents is 1. The van der Waals surface area contributed by atoms with Crippen LogP contribution in [0.25, 0.3) is 0 Å². The maximum atomic E-state index is 12.7. The number of aromatic nitrogens is 1. The van der Waals surface area contributed by atoms with Crippen molar-refractivity contribution >= 4 is 5.91 Å². The third-order valence-electron chi connectivity index (χ3n) is 7.65. The number of likely N-dealkylation sites (tertiary alicyclic amines) is 1. The highest BCUT2D eigenvalue weighted by Gasteiger charge is 2.64. The van der Waals surface area contributed by atoms with E-state index in [9.17, 15) is 19.8 Å². The number of hydrogen-bond donors (Lipinski definition) is 3. The topological polar surface area (TPSA) is 109 Å². The lowest BCUT2D eigenvalue weighted by Gasteiger charge is -2.63. The van der Waals surface area contributed by atoms with Gasteiger partial charge in [-0.2, -0.15) is 0 Å². The lowest BCUT2D eigenvalue weighted by Crippen LogP contribution is -2.73. The van der Waals surface area contributed by atoms with Gasteiger partial charge in [-0.3, -0.25) is 9.59 Å². The van der Waals surface area contributed by atoms with Crippen LogP contribution in [0.1, 0.15) is 39.2 Å². The monoisotopic (exact) mass is 395 g/mol. The molecule has 3 aliphatic rings. The number of fused-ring (bicyclic) bond motifs is 2. The summed E-state index contributed by atoms with van der Waals surface area (Å²) in [6.45, 7) is 0.824. The van der Waals surface area contributed by atoms with Gasteiger partial charge in [0.15, 0.2) is 0 Å². The molecule has 0 radical (unpaired) electrons. The van der Waals surface area contributed by atoms with Crippen molar-refractivity contribution in [3.05, 3.63) is 62.6 Å². The number of pyridine rings is 1. The van der Waals surface area contributed by atoms with E-state index in [-0.39, 0.29) is 17.4 Å². The van der Waals surface area contributed by atoms with Gasteiger partial charge in [-0.15, -0.1) is 0 Å². The highest BCUT2D eigenvalue weighted by atomic mass is 16.3. The van der Waals surface area contributed by atoms with Gasteiger partial charge in [0.05, 0.1) is 5.60 Å². The van der Waals surface area contributed by atoms with Crippen molar-refractivity contribution in [2.75, 3.05) is 13.6 Å². The molecule has 2 bridgehead atoms. The zero-order valence-electron chi connectivity index (χ0n) is 16.6. The fraction of sp³-hybridized carbons (Fsp3) is 0.455. The van der Waals surface area contributed by atoms with Crippen LogP contribution in [-0.2, 0) is 31.7 Å². The summed E-state index contributed by atoms with van der Waals surface area (Å²) in [4.78, 5) is 26.7. The van der Waals surface area contributed by atoms with E-state index in [1.807, 2.05) is 13.1 Å². The fourth-order valence-corrected chi connectivity index (χ4v) is 6.11. The first-order valence-corrected chi connectivity index (χ1v) is 9.94. The molecule has 0 unspecified atom stereocenters. The number of piperidine rings is 1. The summed E-state index contributed by atoms with van der Waals surface area (Å²) in [7, 11) is 3.69. The first-order valence-electron chi connectivity index (χ1n) is 9.94. The number of primary amides is 1. The van der Waals surface area contributed by atoms with Gasteiger partial charge in [-0.05, 0) is 61.3 Å². The molecule has 1 amide bonds. The molecule has 1 saturated heterocycles. The average molecular weight is 395 g/mol. The minimum absolute atomic E-state index is 0.0434. The molecular formula is C22H25N3O4. The van der Waals surface area contributed by atoms with E-state index in [1.165, 1.54) is 4.57 Å². The fourth-order valence-electron chi connectivity index (χ4n) is 6.11. The lowest BCUT2D eigenvalue weighted by atomic mass is 9.49. The molecule has 5 rings (SSSR count). The minimum Gasteiger partial charge on any atom is -0.508 e. The summed E-state index contributed by atoms with van der Waals surface area (Å²) in [6, 6.07) is 6.90. The Morgan fingerprint density at radius 2 is 1.97 bits per heavy atom. The summed E-state index contributed by atoms with van der Waals surface area (Å²) in [5, 5.41) is 22.4.